The molecule has 0 saturated heterocycles. The van der Waals surface area contributed by atoms with Gasteiger partial charge in [-0.15, -0.1) is 0 Å². The zero-order valence-corrected chi connectivity index (χ0v) is 7.32. The highest BCUT2D eigenvalue weighted by Gasteiger charge is 2.03. The summed E-state index contributed by atoms with van der Waals surface area (Å²) >= 11 is 0. The highest BCUT2D eigenvalue weighted by Crippen LogP contribution is 2.06. The molecule has 0 aliphatic heterocycles. The maximum Gasteiger partial charge on any atom is 0.254 e. The molecule has 0 unspecified atom stereocenters. The third kappa shape index (κ3) is 2.63. The van der Waals surface area contributed by atoms with Crippen LogP contribution >= 0.6 is 0 Å². The molecule has 0 aliphatic carbocycles. The van der Waals surface area contributed by atoms with Crippen molar-refractivity contribution in [3.8, 4) is 0 Å². The van der Waals surface area contributed by atoms with Gasteiger partial charge in [0.2, 0.25) is 0 Å². The number of para-hydroxylation sites is 1. The van der Waals surface area contributed by atoms with Gasteiger partial charge in [0.05, 0.1) is 6.26 Å². The van der Waals surface area contributed by atoms with Crippen LogP contribution in [0.25, 0.3) is 0 Å². The maximum absolute atomic E-state index is 11.2. The summed E-state index contributed by atoms with van der Waals surface area (Å²) in [6.45, 7) is 1.54. The molecule has 0 aromatic heterocycles. The molecule has 1 rings (SSSR count). The number of carbonyl (C=O) groups is 1. The van der Waals surface area contributed by atoms with E-state index < -0.39 is 0 Å². The molecule has 1 aromatic rings. The minimum absolute atomic E-state index is 0.281. The molecule has 3 heteroatoms. The smallest absolute Gasteiger partial charge is 0.254 e. The van der Waals surface area contributed by atoms with Gasteiger partial charge in [0.15, 0.2) is 0 Å². The second kappa shape index (κ2) is 4.30. The Balaban J connectivity index is 2.66. The molecule has 0 fully saturated rings. The molecule has 13 heavy (non-hydrogen) atoms. The quantitative estimate of drug-likeness (QED) is 0.536. The first kappa shape index (κ1) is 9.32. The van der Waals surface area contributed by atoms with Crippen molar-refractivity contribution in [3.05, 3.63) is 42.2 Å². The Hall–Kier alpha value is -1.77. The van der Waals surface area contributed by atoms with Gasteiger partial charge in [-0.1, -0.05) is 18.2 Å². The van der Waals surface area contributed by atoms with E-state index in [0.29, 0.717) is 5.69 Å². The zero-order valence-electron chi connectivity index (χ0n) is 7.32. The summed E-state index contributed by atoms with van der Waals surface area (Å²) in [4.78, 5) is 11.2. The van der Waals surface area contributed by atoms with Crippen LogP contribution in [0.15, 0.2) is 42.2 Å². The number of carbonyl (C=O) groups excluding carboxylic acids is 1. The maximum atomic E-state index is 11.2. The molecule has 3 nitrogen and oxygen atoms in total. The van der Waals surface area contributed by atoms with Crippen LogP contribution in [0.2, 0.25) is 0 Å². The van der Waals surface area contributed by atoms with E-state index in [1.54, 1.807) is 12.1 Å². The fourth-order valence-corrected chi connectivity index (χ4v) is 0.810. The minimum atomic E-state index is -0.297. The molecule has 1 amide bonds. The Morgan fingerprint density at radius 3 is 2.54 bits per heavy atom. The number of aliphatic hydroxyl groups is 1. The zero-order chi connectivity index (χ0) is 9.68. The van der Waals surface area contributed by atoms with Crippen LogP contribution in [0.4, 0.5) is 5.69 Å². The van der Waals surface area contributed by atoms with Crippen molar-refractivity contribution >= 4 is 11.6 Å². The van der Waals surface area contributed by atoms with E-state index in [1.165, 1.54) is 6.92 Å². The van der Waals surface area contributed by atoms with E-state index in [-0.39, 0.29) is 11.5 Å². The number of rotatable bonds is 2. The first-order chi connectivity index (χ1) is 6.24. The lowest BCUT2D eigenvalue weighted by molar-refractivity contribution is -0.112. The van der Waals surface area contributed by atoms with Gasteiger partial charge in [0.1, 0.15) is 0 Å². The first-order valence-corrected chi connectivity index (χ1v) is 3.91. The van der Waals surface area contributed by atoms with Crippen molar-refractivity contribution in [3.63, 3.8) is 0 Å². The van der Waals surface area contributed by atoms with Gasteiger partial charge in [0, 0.05) is 11.3 Å². The van der Waals surface area contributed by atoms with Crippen molar-refractivity contribution in [2.45, 2.75) is 6.92 Å². The minimum Gasteiger partial charge on any atom is -0.515 e. The lowest BCUT2D eigenvalue weighted by Crippen LogP contribution is -2.12. The molecule has 0 saturated carbocycles. The summed E-state index contributed by atoms with van der Waals surface area (Å²) in [6.07, 6.45) is 0.790. The summed E-state index contributed by atoms with van der Waals surface area (Å²) in [5.74, 6) is -0.297. The van der Waals surface area contributed by atoms with E-state index >= 15 is 0 Å². The van der Waals surface area contributed by atoms with Gasteiger partial charge in [-0.2, -0.15) is 0 Å². The van der Waals surface area contributed by atoms with Crippen LogP contribution in [0.5, 0.6) is 0 Å². The summed E-state index contributed by atoms with van der Waals surface area (Å²) in [5, 5.41) is 11.2. The number of nitrogens with one attached hydrogen (secondary N) is 1. The van der Waals surface area contributed by atoms with E-state index in [0.717, 1.165) is 6.26 Å². The molecule has 0 aliphatic rings. The Kier molecular flexibility index (Phi) is 3.09. The molecule has 0 radical (unpaired) electrons. The molecule has 0 heterocycles. The molecular formula is C10H11NO2. The van der Waals surface area contributed by atoms with Gasteiger partial charge >= 0.3 is 0 Å². The van der Waals surface area contributed by atoms with Gasteiger partial charge in [-0.3, -0.25) is 4.79 Å². The largest absolute Gasteiger partial charge is 0.515 e. The van der Waals surface area contributed by atoms with E-state index in [9.17, 15) is 4.79 Å². The molecule has 0 spiro atoms. The Morgan fingerprint density at radius 2 is 2.00 bits per heavy atom. The monoisotopic (exact) mass is 177 g/mol. The van der Waals surface area contributed by atoms with Crippen LogP contribution in [0.3, 0.4) is 0 Å². The van der Waals surface area contributed by atoms with Gasteiger partial charge in [-0.25, -0.2) is 0 Å². The number of anilines is 1. The number of amides is 1. The Bertz CT molecular complexity index is 317. The second-order valence-corrected chi connectivity index (χ2v) is 2.63. The van der Waals surface area contributed by atoms with Crippen LogP contribution in [0.1, 0.15) is 6.92 Å². The molecule has 1 aromatic carbocycles. The summed E-state index contributed by atoms with van der Waals surface area (Å²) in [6, 6.07) is 9.08. The predicted molar refractivity (Wildman–Crippen MR) is 51.5 cm³/mol. The van der Waals surface area contributed by atoms with Gasteiger partial charge < -0.3 is 10.4 Å². The Morgan fingerprint density at radius 1 is 1.38 bits per heavy atom. The van der Waals surface area contributed by atoms with E-state index in [1.807, 2.05) is 18.2 Å². The third-order valence-corrected chi connectivity index (χ3v) is 1.58. The van der Waals surface area contributed by atoms with Gasteiger partial charge in [-0.05, 0) is 19.1 Å². The molecule has 0 atom stereocenters. The fraction of sp³-hybridized carbons (Fsp3) is 0.100. The molecule has 2 N–H and O–H groups in total. The third-order valence-electron chi connectivity index (χ3n) is 1.58. The molecular weight excluding hydrogens is 166 g/mol. The summed E-state index contributed by atoms with van der Waals surface area (Å²) in [7, 11) is 0. The second-order valence-electron chi connectivity index (χ2n) is 2.63. The molecule has 0 bridgehead atoms. The first-order valence-electron chi connectivity index (χ1n) is 3.91. The number of benzene rings is 1. The predicted octanol–water partition coefficient (Wildman–Crippen LogP) is 2.09. The lowest BCUT2D eigenvalue weighted by atomic mass is 10.3. The highest BCUT2D eigenvalue weighted by atomic mass is 16.2. The molecule has 68 valence electrons. The van der Waals surface area contributed by atoms with Crippen molar-refractivity contribution < 1.29 is 9.90 Å². The van der Waals surface area contributed by atoms with Gasteiger partial charge in [0.25, 0.3) is 5.91 Å². The number of aliphatic hydroxyl groups excluding tert-OH is 1. The number of hydrogen-bond acceptors (Lipinski definition) is 2. The highest BCUT2D eigenvalue weighted by molar-refractivity contribution is 6.02. The normalized spacial score (nSPS) is 11.0. The Labute approximate surface area is 76.7 Å². The fourth-order valence-electron chi connectivity index (χ4n) is 0.810. The standard InChI is InChI=1S/C10H11NO2/c1-8(7-12)10(13)11-9-5-3-2-4-6-9/h2-7,12H,1H3,(H,11,13). The number of hydrogen-bond donors (Lipinski definition) is 2. The topological polar surface area (TPSA) is 49.3 Å². The lowest BCUT2D eigenvalue weighted by Gasteiger charge is -2.03. The van der Waals surface area contributed by atoms with Crippen molar-refractivity contribution in [1.29, 1.82) is 0 Å². The SMILES string of the molecule is CC(=CO)C(=O)Nc1ccccc1. The van der Waals surface area contributed by atoms with Crippen molar-refractivity contribution in [2.75, 3.05) is 5.32 Å². The summed E-state index contributed by atoms with van der Waals surface area (Å²) < 4.78 is 0. The van der Waals surface area contributed by atoms with E-state index in [2.05, 4.69) is 5.32 Å². The average Bonchev–Trinajstić information content (AvgIpc) is 2.18. The van der Waals surface area contributed by atoms with Crippen molar-refractivity contribution in [1.82, 2.24) is 0 Å². The van der Waals surface area contributed by atoms with Crippen LogP contribution in [0, 0.1) is 0 Å². The van der Waals surface area contributed by atoms with Crippen LogP contribution in [-0.2, 0) is 4.79 Å². The van der Waals surface area contributed by atoms with Crippen molar-refractivity contribution in [2.24, 2.45) is 0 Å². The van der Waals surface area contributed by atoms with Crippen LogP contribution < -0.4 is 5.32 Å². The van der Waals surface area contributed by atoms with E-state index in [4.69, 9.17) is 5.11 Å². The average molecular weight is 177 g/mol. The van der Waals surface area contributed by atoms with Crippen LogP contribution in [-0.4, -0.2) is 11.0 Å². The summed E-state index contributed by atoms with van der Waals surface area (Å²) in [5.41, 5.74) is 0.998.